The topological polar surface area (TPSA) is 20.2 Å². The Balaban J connectivity index is 1.77. The van der Waals surface area contributed by atoms with Gasteiger partial charge in [0.15, 0.2) is 0 Å². The number of alkyl halides is 3. The van der Waals surface area contributed by atoms with Gasteiger partial charge in [-0.25, -0.2) is 0 Å². The standard InChI is InChI=1S/C21H23F3O/c22-21(23,24)19-12-10-16(11-13-19)15-6-8-18(9-7-15)20(14-25)17-4-2-1-3-5-17/h6-13,17,20,25H,1-5,14H2. The lowest BCUT2D eigenvalue weighted by Gasteiger charge is -2.29. The molecule has 1 fully saturated rings. The summed E-state index contributed by atoms with van der Waals surface area (Å²) in [5.74, 6) is 0.678. The van der Waals surface area contributed by atoms with Crippen LogP contribution in [0, 0.1) is 5.92 Å². The largest absolute Gasteiger partial charge is 0.416 e. The molecule has 0 amide bonds. The second-order valence-electron chi connectivity index (χ2n) is 6.88. The zero-order valence-corrected chi connectivity index (χ0v) is 14.1. The molecular formula is C21H23F3O. The highest BCUT2D eigenvalue weighted by atomic mass is 19.4. The Kier molecular flexibility index (Phi) is 5.48. The van der Waals surface area contributed by atoms with Crippen LogP contribution in [0.25, 0.3) is 11.1 Å². The molecule has 1 unspecified atom stereocenters. The van der Waals surface area contributed by atoms with Crippen LogP contribution in [0.3, 0.4) is 0 Å². The van der Waals surface area contributed by atoms with E-state index in [1.54, 1.807) is 0 Å². The molecule has 0 aliphatic heterocycles. The van der Waals surface area contributed by atoms with Gasteiger partial charge in [0.1, 0.15) is 0 Å². The number of hydrogen-bond acceptors (Lipinski definition) is 1. The fourth-order valence-corrected chi connectivity index (χ4v) is 3.84. The third-order valence-electron chi connectivity index (χ3n) is 5.30. The quantitative estimate of drug-likeness (QED) is 0.715. The molecule has 1 atom stereocenters. The predicted octanol–water partition coefficient (Wildman–Crippen LogP) is 6.03. The normalized spacial score (nSPS) is 17.4. The van der Waals surface area contributed by atoms with E-state index in [1.165, 1.54) is 31.4 Å². The summed E-state index contributed by atoms with van der Waals surface area (Å²) in [6.45, 7) is 0.143. The molecule has 1 N–H and O–H groups in total. The zero-order chi connectivity index (χ0) is 17.9. The lowest BCUT2D eigenvalue weighted by molar-refractivity contribution is -0.137. The van der Waals surface area contributed by atoms with Crippen molar-refractivity contribution in [2.45, 2.75) is 44.2 Å². The Morgan fingerprint density at radius 3 is 1.84 bits per heavy atom. The fraction of sp³-hybridized carbons (Fsp3) is 0.429. The van der Waals surface area contributed by atoms with Gasteiger partial charge in [0, 0.05) is 5.92 Å². The Morgan fingerprint density at radius 2 is 1.36 bits per heavy atom. The van der Waals surface area contributed by atoms with E-state index in [1.807, 2.05) is 24.3 Å². The Bertz CT molecular complexity index is 668. The van der Waals surface area contributed by atoms with Crippen LogP contribution < -0.4 is 0 Å². The van der Waals surface area contributed by atoms with E-state index in [0.29, 0.717) is 5.92 Å². The summed E-state index contributed by atoms with van der Waals surface area (Å²) in [6.07, 6.45) is 1.74. The minimum Gasteiger partial charge on any atom is -0.396 e. The third kappa shape index (κ3) is 4.24. The van der Waals surface area contributed by atoms with E-state index < -0.39 is 11.7 Å². The van der Waals surface area contributed by atoms with Crippen LogP contribution >= 0.6 is 0 Å². The molecule has 25 heavy (non-hydrogen) atoms. The number of aliphatic hydroxyl groups is 1. The Labute approximate surface area is 146 Å². The first kappa shape index (κ1) is 18.0. The molecule has 0 heterocycles. The molecule has 1 saturated carbocycles. The summed E-state index contributed by atoms with van der Waals surface area (Å²) < 4.78 is 38.0. The van der Waals surface area contributed by atoms with Crippen molar-refractivity contribution < 1.29 is 18.3 Å². The molecule has 0 aromatic heterocycles. The van der Waals surface area contributed by atoms with E-state index in [4.69, 9.17) is 0 Å². The number of rotatable bonds is 4. The number of aliphatic hydroxyl groups excluding tert-OH is 1. The molecule has 1 aliphatic rings. The molecule has 3 rings (SSSR count). The van der Waals surface area contributed by atoms with E-state index in [9.17, 15) is 18.3 Å². The molecular weight excluding hydrogens is 325 g/mol. The molecule has 0 radical (unpaired) electrons. The molecule has 2 aromatic carbocycles. The van der Waals surface area contributed by atoms with Crippen molar-refractivity contribution in [3.05, 3.63) is 59.7 Å². The van der Waals surface area contributed by atoms with Gasteiger partial charge >= 0.3 is 6.18 Å². The van der Waals surface area contributed by atoms with E-state index in [2.05, 4.69) is 0 Å². The van der Waals surface area contributed by atoms with Crippen molar-refractivity contribution in [2.75, 3.05) is 6.61 Å². The number of hydrogen-bond donors (Lipinski definition) is 1. The van der Waals surface area contributed by atoms with Gasteiger partial charge in [-0.2, -0.15) is 13.2 Å². The van der Waals surface area contributed by atoms with Crippen LogP contribution in [0.2, 0.25) is 0 Å². The van der Waals surface area contributed by atoms with Gasteiger partial charge in [-0.3, -0.25) is 0 Å². The van der Waals surface area contributed by atoms with Crippen LogP contribution in [0.4, 0.5) is 13.2 Å². The fourth-order valence-electron chi connectivity index (χ4n) is 3.84. The van der Waals surface area contributed by atoms with Crippen LogP contribution in [-0.2, 0) is 6.18 Å². The van der Waals surface area contributed by atoms with Gasteiger partial charge in [0.2, 0.25) is 0 Å². The maximum atomic E-state index is 12.7. The smallest absolute Gasteiger partial charge is 0.396 e. The molecule has 134 valence electrons. The monoisotopic (exact) mass is 348 g/mol. The first-order valence-corrected chi connectivity index (χ1v) is 8.87. The van der Waals surface area contributed by atoms with Gasteiger partial charge < -0.3 is 5.11 Å². The van der Waals surface area contributed by atoms with Gasteiger partial charge in [-0.05, 0) is 47.6 Å². The van der Waals surface area contributed by atoms with E-state index >= 15 is 0 Å². The maximum absolute atomic E-state index is 12.7. The van der Waals surface area contributed by atoms with Gasteiger partial charge in [-0.1, -0.05) is 55.7 Å². The minimum atomic E-state index is -4.31. The van der Waals surface area contributed by atoms with Crippen molar-refractivity contribution >= 4 is 0 Å². The van der Waals surface area contributed by atoms with Crippen molar-refractivity contribution in [2.24, 2.45) is 5.92 Å². The van der Waals surface area contributed by atoms with Crippen molar-refractivity contribution in [3.8, 4) is 11.1 Å². The molecule has 1 aliphatic carbocycles. The lowest BCUT2D eigenvalue weighted by Crippen LogP contribution is -2.19. The summed E-state index contributed by atoms with van der Waals surface area (Å²) in [7, 11) is 0. The van der Waals surface area contributed by atoms with Gasteiger partial charge in [-0.15, -0.1) is 0 Å². The summed E-state index contributed by atoms with van der Waals surface area (Å²) in [4.78, 5) is 0. The second-order valence-corrected chi connectivity index (χ2v) is 6.88. The lowest BCUT2D eigenvalue weighted by atomic mass is 9.77. The van der Waals surface area contributed by atoms with Crippen molar-refractivity contribution in [3.63, 3.8) is 0 Å². The summed E-state index contributed by atoms with van der Waals surface area (Å²) in [5.41, 5.74) is 2.13. The summed E-state index contributed by atoms with van der Waals surface area (Å²) in [6, 6.07) is 13.1. The average Bonchev–Trinajstić information content (AvgIpc) is 2.63. The zero-order valence-electron chi connectivity index (χ0n) is 14.1. The van der Waals surface area contributed by atoms with E-state index in [-0.39, 0.29) is 12.5 Å². The molecule has 0 spiro atoms. The Morgan fingerprint density at radius 1 is 0.840 bits per heavy atom. The highest BCUT2D eigenvalue weighted by molar-refractivity contribution is 5.64. The van der Waals surface area contributed by atoms with Crippen LogP contribution in [0.15, 0.2) is 48.5 Å². The molecule has 4 heteroatoms. The molecule has 0 saturated heterocycles. The van der Waals surface area contributed by atoms with Gasteiger partial charge in [0.05, 0.1) is 12.2 Å². The Hall–Kier alpha value is -1.81. The molecule has 1 nitrogen and oxygen atoms in total. The van der Waals surface area contributed by atoms with E-state index in [0.717, 1.165) is 41.7 Å². The third-order valence-corrected chi connectivity index (χ3v) is 5.30. The van der Waals surface area contributed by atoms with Crippen LogP contribution in [0.1, 0.15) is 49.1 Å². The highest BCUT2D eigenvalue weighted by Crippen LogP contribution is 2.36. The maximum Gasteiger partial charge on any atom is 0.416 e. The number of benzene rings is 2. The first-order chi connectivity index (χ1) is 12.0. The molecule has 0 bridgehead atoms. The second kappa shape index (κ2) is 7.61. The minimum absolute atomic E-state index is 0.143. The van der Waals surface area contributed by atoms with Crippen molar-refractivity contribution in [1.29, 1.82) is 0 Å². The SMILES string of the molecule is OCC(c1ccc(-c2ccc(C(F)(F)F)cc2)cc1)C1CCCCC1. The van der Waals surface area contributed by atoms with Crippen molar-refractivity contribution in [1.82, 2.24) is 0 Å². The highest BCUT2D eigenvalue weighted by Gasteiger charge is 2.30. The predicted molar refractivity (Wildman–Crippen MR) is 93.3 cm³/mol. The number of halogens is 3. The first-order valence-electron chi connectivity index (χ1n) is 8.87. The van der Waals surface area contributed by atoms with Crippen LogP contribution in [0.5, 0.6) is 0 Å². The van der Waals surface area contributed by atoms with Gasteiger partial charge in [0.25, 0.3) is 0 Å². The van der Waals surface area contributed by atoms with Crippen LogP contribution in [-0.4, -0.2) is 11.7 Å². The summed E-state index contributed by atoms with van der Waals surface area (Å²) in [5, 5.41) is 9.82. The molecule has 2 aromatic rings. The summed E-state index contributed by atoms with van der Waals surface area (Å²) >= 11 is 0. The average molecular weight is 348 g/mol.